The van der Waals surface area contributed by atoms with Crippen molar-refractivity contribution in [3.8, 4) is 11.4 Å². The number of hydrogen-bond acceptors (Lipinski definition) is 5. The number of nitrogens with one attached hydrogen (secondary N) is 1. The molecule has 4 rings (SSSR count). The molecule has 0 bridgehead atoms. The van der Waals surface area contributed by atoms with Gasteiger partial charge in [-0.25, -0.2) is 23.5 Å². The first-order chi connectivity index (χ1) is 15.8. The highest BCUT2D eigenvalue weighted by atomic mass is 19.3. The Balaban J connectivity index is 1.91. The van der Waals surface area contributed by atoms with Crippen LogP contribution in [0.15, 0.2) is 42.5 Å². The third-order valence-electron chi connectivity index (χ3n) is 5.63. The van der Waals surface area contributed by atoms with Gasteiger partial charge in [-0.05, 0) is 43.5 Å². The average molecular weight is 455 g/mol. The summed E-state index contributed by atoms with van der Waals surface area (Å²) < 4.78 is 33.1. The van der Waals surface area contributed by atoms with E-state index in [1.165, 1.54) is 6.07 Å². The van der Waals surface area contributed by atoms with Gasteiger partial charge < -0.3 is 10.1 Å². The molecule has 0 radical (unpaired) electrons. The van der Waals surface area contributed by atoms with Crippen molar-refractivity contribution >= 4 is 22.8 Å². The highest BCUT2D eigenvalue weighted by Crippen LogP contribution is 2.34. The Morgan fingerprint density at radius 1 is 1.21 bits per heavy atom. The number of carbonyl (C=O) groups is 1. The molecule has 1 unspecified atom stereocenters. The lowest BCUT2D eigenvalue weighted by Crippen LogP contribution is -2.43. The van der Waals surface area contributed by atoms with E-state index in [0.29, 0.717) is 23.3 Å². The van der Waals surface area contributed by atoms with Gasteiger partial charge in [-0.3, -0.25) is 4.90 Å². The summed E-state index contributed by atoms with van der Waals surface area (Å²) >= 11 is 0. The predicted octanol–water partition coefficient (Wildman–Crippen LogP) is 5.50. The lowest BCUT2D eigenvalue weighted by molar-refractivity contribution is 0.138. The minimum atomic E-state index is -2.67. The number of rotatable bonds is 6. The first kappa shape index (κ1) is 23.0. The van der Waals surface area contributed by atoms with Crippen LogP contribution in [0.4, 0.5) is 19.4 Å². The summed E-state index contributed by atoms with van der Waals surface area (Å²) in [5.74, 6) is 0.712. The molecule has 2 heterocycles. The number of ether oxygens (including phenoxy) is 1. The summed E-state index contributed by atoms with van der Waals surface area (Å²) in [5.41, 5.74) is 1.66. The molecule has 0 aliphatic carbocycles. The van der Waals surface area contributed by atoms with Crippen LogP contribution in [-0.4, -0.2) is 41.8 Å². The summed E-state index contributed by atoms with van der Waals surface area (Å²) in [6.07, 6.45) is -2.43. The van der Waals surface area contributed by atoms with E-state index in [2.05, 4.69) is 15.3 Å². The zero-order valence-electron chi connectivity index (χ0n) is 19.0. The molecule has 3 aromatic rings. The fraction of sp³-hybridized carbons (Fsp3) is 0.400. The fourth-order valence-corrected chi connectivity index (χ4v) is 3.99. The molecule has 174 valence electrons. The lowest BCUT2D eigenvalue weighted by atomic mass is 10.1. The van der Waals surface area contributed by atoms with Gasteiger partial charge in [0.1, 0.15) is 5.82 Å². The van der Waals surface area contributed by atoms with E-state index in [1.807, 2.05) is 39.0 Å². The van der Waals surface area contributed by atoms with E-state index < -0.39 is 12.5 Å². The van der Waals surface area contributed by atoms with Gasteiger partial charge in [0.25, 0.3) is 6.43 Å². The molecule has 2 aromatic carbocycles. The van der Waals surface area contributed by atoms with Crippen LogP contribution in [0, 0.1) is 12.8 Å². The van der Waals surface area contributed by atoms with E-state index >= 15 is 0 Å². The van der Waals surface area contributed by atoms with Gasteiger partial charge in [-0.15, -0.1) is 0 Å². The maximum atomic E-state index is 13.8. The fourth-order valence-electron chi connectivity index (χ4n) is 3.99. The van der Waals surface area contributed by atoms with Gasteiger partial charge >= 0.3 is 6.09 Å². The normalized spacial score (nSPS) is 16.0. The van der Waals surface area contributed by atoms with Crippen LogP contribution in [-0.2, 0) is 4.74 Å². The third kappa shape index (κ3) is 4.95. The molecular weight excluding hydrogens is 426 g/mol. The predicted molar refractivity (Wildman–Crippen MR) is 125 cm³/mol. The van der Waals surface area contributed by atoms with E-state index in [9.17, 15) is 13.6 Å². The molecule has 8 heteroatoms. The smallest absolute Gasteiger partial charge is 0.415 e. The molecule has 1 N–H and O–H groups in total. The van der Waals surface area contributed by atoms with Gasteiger partial charge in [-0.1, -0.05) is 44.2 Å². The number of aromatic nitrogens is 2. The summed E-state index contributed by atoms with van der Waals surface area (Å²) in [4.78, 5) is 24.1. The summed E-state index contributed by atoms with van der Waals surface area (Å²) in [6, 6.07) is 11.7. The Hall–Kier alpha value is -3.13. The number of hydrogen-bond donors (Lipinski definition) is 1. The SMILES string of the molecule is Cc1ccc2c(N(C(=O)OCC(C)C)C3CCNC3)nc(-c3ccccc3C(F)F)nc2c1. The standard InChI is InChI=1S/C25H28F2N4O2/c1-15(2)14-33-25(32)31(17-10-11-28-13-17)24-20-9-8-16(3)12-21(20)29-23(30-24)19-7-5-4-6-18(19)22(26)27/h4-9,12,15,17,22,28H,10-11,13-14H2,1-3H3. The Morgan fingerprint density at radius 2 is 2.00 bits per heavy atom. The first-order valence-corrected chi connectivity index (χ1v) is 11.2. The zero-order valence-corrected chi connectivity index (χ0v) is 19.0. The minimum absolute atomic E-state index is 0.146. The minimum Gasteiger partial charge on any atom is -0.449 e. The number of aryl methyl sites for hydroxylation is 1. The molecule has 1 aliphatic rings. The van der Waals surface area contributed by atoms with Crippen LogP contribution in [0.3, 0.4) is 0 Å². The molecule has 1 saturated heterocycles. The molecule has 0 saturated carbocycles. The monoisotopic (exact) mass is 454 g/mol. The Kier molecular flexibility index (Phi) is 6.83. The molecule has 1 fully saturated rings. The second-order valence-electron chi connectivity index (χ2n) is 8.77. The first-order valence-electron chi connectivity index (χ1n) is 11.2. The molecule has 0 spiro atoms. The summed E-state index contributed by atoms with van der Waals surface area (Å²) in [7, 11) is 0. The largest absolute Gasteiger partial charge is 0.449 e. The Morgan fingerprint density at radius 3 is 2.70 bits per heavy atom. The number of halogens is 2. The van der Waals surface area contributed by atoms with Crippen molar-refractivity contribution in [1.82, 2.24) is 15.3 Å². The van der Waals surface area contributed by atoms with Crippen LogP contribution in [0.25, 0.3) is 22.3 Å². The van der Waals surface area contributed by atoms with Crippen molar-refractivity contribution in [2.24, 2.45) is 5.92 Å². The summed E-state index contributed by atoms with van der Waals surface area (Å²) in [6.45, 7) is 7.51. The van der Waals surface area contributed by atoms with Crippen LogP contribution < -0.4 is 10.2 Å². The number of carbonyl (C=O) groups excluding carboxylic acids is 1. The van der Waals surface area contributed by atoms with Crippen molar-refractivity contribution in [1.29, 1.82) is 0 Å². The Bertz CT molecular complexity index is 1150. The second kappa shape index (κ2) is 9.79. The van der Waals surface area contributed by atoms with Gasteiger partial charge in [0.2, 0.25) is 0 Å². The van der Waals surface area contributed by atoms with Crippen molar-refractivity contribution in [2.45, 2.75) is 39.7 Å². The van der Waals surface area contributed by atoms with Gasteiger partial charge in [0.15, 0.2) is 5.82 Å². The van der Waals surface area contributed by atoms with Gasteiger partial charge in [-0.2, -0.15) is 0 Å². The topological polar surface area (TPSA) is 67.3 Å². The van der Waals surface area contributed by atoms with Gasteiger partial charge in [0.05, 0.1) is 18.2 Å². The molecule has 33 heavy (non-hydrogen) atoms. The lowest BCUT2D eigenvalue weighted by Gasteiger charge is -2.28. The van der Waals surface area contributed by atoms with Crippen molar-refractivity contribution < 1.29 is 18.3 Å². The number of alkyl halides is 2. The number of amides is 1. The van der Waals surface area contributed by atoms with Crippen LogP contribution in [0.1, 0.15) is 37.8 Å². The summed E-state index contributed by atoms with van der Waals surface area (Å²) in [5, 5.41) is 3.95. The van der Waals surface area contributed by atoms with Crippen molar-refractivity contribution in [3.63, 3.8) is 0 Å². The molecule has 1 aromatic heterocycles. The maximum Gasteiger partial charge on any atom is 0.415 e. The van der Waals surface area contributed by atoms with Crippen molar-refractivity contribution in [3.05, 3.63) is 53.6 Å². The average Bonchev–Trinajstić information content (AvgIpc) is 3.31. The molecule has 1 atom stereocenters. The van der Waals surface area contributed by atoms with Crippen LogP contribution in [0.5, 0.6) is 0 Å². The van der Waals surface area contributed by atoms with Crippen LogP contribution in [0.2, 0.25) is 0 Å². The number of fused-ring (bicyclic) bond motifs is 1. The number of benzene rings is 2. The van der Waals surface area contributed by atoms with E-state index in [-0.39, 0.29) is 35.5 Å². The Labute approximate surface area is 192 Å². The van der Waals surface area contributed by atoms with Crippen LogP contribution >= 0.6 is 0 Å². The number of nitrogens with zero attached hydrogens (tertiary/aromatic N) is 3. The number of anilines is 1. The highest BCUT2D eigenvalue weighted by Gasteiger charge is 2.32. The van der Waals surface area contributed by atoms with Gasteiger partial charge in [0, 0.05) is 23.1 Å². The zero-order chi connectivity index (χ0) is 23.5. The quantitative estimate of drug-likeness (QED) is 0.532. The third-order valence-corrected chi connectivity index (χ3v) is 5.63. The van der Waals surface area contributed by atoms with E-state index in [0.717, 1.165) is 18.5 Å². The van der Waals surface area contributed by atoms with Crippen molar-refractivity contribution in [2.75, 3.05) is 24.6 Å². The van der Waals surface area contributed by atoms with E-state index in [4.69, 9.17) is 4.74 Å². The molecule has 1 aliphatic heterocycles. The second-order valence-corrected chi connectivity index (χ2v) is 8.77. The maximum absolute atomic E-state index is 13.8. The molecular formula is C25H28F2N4O2. The molecule has 6 nitrogen and oxygen atoms in total. The molecule has 1 amide bonds. The highest BCUT2D eigenvalue weighted by molar-refractivity contribution is 6.00. The van der Waals surface area contributed by atoms with E-state index in [1.54, 1.807) is 23.1 Å².